The Morgan fingerprint density at radius 2 is 1.64 bits per heavy atom. The van der Waals surface area contributed by atoms with Crippen molar-refractivity contribution in [1.29, 1.82) is 0 Å². The second-order valence-corrected chi connectivity index (χ2v) is 7.94. The Morgan fingerprint density at radius 3 is 2.36 bits per heavy atom. The van der Waals surface area contributed by atoms with Gasteiger partial charge in [-0.25, -0.2) is 8.42 Å². The van der Waals surface area contributed by atoms with Gasteiger partial charge in [-0.3, -0.25) is 4.72 Å². The molecule has 1 N–H and O–H groups in total. The van der Waals surface area contributed by atoms with Crippen molar-refractivity contribution >= 4 is 31.6 Å². The second kappa shape index (κ2) is 7.29. The number of anilines is 1. The first-order valence-corrected chi connectivity index (χ1v) is 9.79. The summed E-state index contributed by atoms with van der Waals surface area (Å²) in [7, 11) is -2.08. The first-order valence-electron chi connectivity index (χ1n) is 7.51. The smallest absolute Gasteiger partial charge is 0.261 e. The lowest BCUT2D eigenvalue weighted by Gasteiger charge is -2.13. The van der Waals surface area contributed by atoms with Crippen LogP contribution in [0.4, 0.5) is 5.69 Å². The van der Waals surface area contributed by atoms with Crippen molar-refractivity contribution in [2.24, 2.45) is 0 Å². The monoisotopic (exact) mass is 417 g/mol. The van der Waals surface area contributed by atoms with Crippen LogP contribution in [0.1, 0.15) is 0 Å². The van der Waals surface area contributed by atoms with E-state index >= 15 is 0 Å². The number of methoxy groups -OCH3 is 1. The summed E-state index contributed by atoms with van der Waals surface area (Å²) in [6.07, 6.45) is 0. The molecule has 25 heavy (non-hydrogen) atoms. The van der Waals surface area contributed by atoms with Crippen molar-refractivity contribution < 1.29 is 13.2 Å². The van der Waals surface area contributed by atoms with E-state index in [0.717, 1.165) is 15.6 Å². The number of hydrogen-bond donors (Lipinski definition) is 1. The molecular formula is C19H16BrNO3S. The third-order valence-electron chi connectivity index (χ3n) is 3.68. The number of ether oxygens (including phenoxy) is 1. The quantitative estimate of drug-likeness (QED) is 0.640. The zero-order valence-electron chi connectivity index (χ0n) is 13.4. The van der Waals surface area contributed by atoms with Gasteiger partial charge in [0.1, 0.15) is 5.75 Å². The van der Waals surface area contributed by atoms with Crippen LogP contribution >= 0.6 is 15.9 Å². The van der Waals surface area contributed by atoms with E-state index < -0.39 is 10.0 Å². The van der Waals surface area contributed by atoms with Crippen molar-refractivity contribution in [1.82, 2.24) is 0 Å². The molecule has 0 fully saturated rings. The zero-order valence-corrected chi connectivity index (χ0v) is 15.8. The molecular weight excluding hydrogens is 402 g/mol. The van der Waals surface area contributed by atoms with Gasteiger partial charge in [-0.2, -0.15) is 0 Å². The Kier molecular flexibility index (Phi) is 5.11. The van der Waals surface area contributed by atoms with Crippen molar-refractivity contribution in [2.75, 3.05) is 11.8 Å². The van der Waals surface area contributed by atoms with Gasteiger partial charge in [0.15, 0.2) is 0 Å². The molecule has 0 aliphatic heterocycles. The number of halogens is 1. The molecule has 3 aromatic carbocycles. The van der Waals surface area contributed by atoms with Crippen molar-refractivity contribution in [3.05, 3.63) is 77.3 Å². The van der Waals surface area contributed by atoms with Gasteiger partial charge >= 0.3 is 0 Å². The largest absolute Gasteiger partial charge is 0.497 e. The molecule has 0 aliphatic rings. The molecule has 0 saturated carbocycles. The van der Waals surface area contributed by atoms with Crippen LogP contribution in [0.25, 0.3) is 11.1 Å². The molecule has 3 aromatic rings. The van der Waals surface area contributed by atoms with Crippen LogP contribution in [0.15, 0.2) is 82.2 Å². The first kappa shape index (κ1) is 17.5. The van der Waals surface area contributed by atoms with Gasteiger partial charge in [-0.05, 0) is 48.0 Å². The second-order valence-electron chi connectivity index (χ2n) is 5.34. The maximum Gasteiger partial charge on any atom is 0.261 e. The SMILES string of the molecule is COc1cccc(-c2ccccc2NS(=O)(=O)c2ccc(Br)cc2)c1. The summed E-state index contributed by atoms with van der Waals surface area (Å²) in [5.41, 5.74) is 2.16. The first-order chi connectivity index (χ1) is 12.0. The number of para-hydroxylation sites is 1. The lowest BCUT2D eigenvalue weighted by Crippen LogP contribution is -2.13. The summed E-state index contributed by atoms with van der Waals surface area (Å²) in [4.78, 5) is 0.205. The summed E-state index contributed by atoms with van der Waals surface area (Å²) in [6.45, 7) is 0. The van der Waals surface area contributed by atoms with Crippen LogP contribution in [0.3, 0.4) is 0 Å². The van der Waals surface area contributed by atoms with Gasteiger partial charge in [0.2, 0.25) is 0 Å². The molecule has 6 heteroatoms. The highest BCUT2D eigenvalue weighted by Crippen LogP contribution is 2.31. The van der Waals surface area contributed by atoms with Crippen molar-refractivity contribution in [3.8, 4) is 16.9 Å². The Hall–Kier alpha value is -2.31. The molecule has 0 radical (unpaired) electrons. The molecule has 0 aliphatic carbocycles. The molecule has 0 heterocycles. The summed E-state index contributed by atoms with van der Waals surface area (Å²) < 4.78 is 34.1. The standard InChI is InChI=1S/C19H16BrNO3S/c1-24-16-6-4-5-14(13-16)18-7-2-3-8-19(18)21-25(22,23)17-11-9-15(20)10-12-17/h2-13,21H,1H3. The Labute approximate surface area is 155 Å². The van der Waals surface area contributed by atoms with E-state index in [2.05, 4.69) is 20.7 Å². The predicted octanol–water partition coefficient (Wildman–Crippen LogP) is 4.93. The number of sulfonamides is 1. The van der Waals surface area contributed by atoms with Gasteiger partial charge in [-0.15, -0.1) is 0 Å². The summed E-state index contributed by atoms with van der Waals surface area (Å²) in [5, 5.41) is 0. The van der Waals surface area contributed by atoms with Crippen molar-refractivity contribution in [2.45, 2.75) is 4.90 Å². The molecule has 4 nitrogen and oxygen atoms in total. The average Bonchev–Trinajstić information content (AvgIpc) is 2.62. The predicted molar refractivity (Wildman–Crippen MR) is 103 cm³/mol. The van der Waals surface area contributed by atoms with E-state index in [1.807, 2.05) is 36.4 Å². The van der Waals surface area contributed by atoms with Crippen LogP contribution in [-0.4, -0.2) is 15.5 Å². The molecule has 0 saturated heterocycles. The minimum atomic E-state index is -3.68. The molecule has 3 rings (SSSR count). The third kappa shape index (κ3) is 4.03. The average molecular weight is 418 g/mol. The van der Waals surface area contributed by atoms with E-state index in [-0.39, 0.29) is 4.90 Å². The van der Waals surface area contributed by atoms with Crippen molar-refractivity contribution in [3.63, 3.8) is 0 Å². The molecule has 128 valence electrons. The Bertz CT molecular complexity index is 986. The fraction of sp³-hybridized carbons (Fsp3) is 0.0526. The van der Waals surface area contributed by atoms with E-state index in [9.17, 15) is 8.42 Å². The van der Waals surface area contributed by atoms with E-state index in [1.165, 1.54) is 0 Å². The maximum absolute atomic E-state index is 12.7. The molecule has 0 amide bonds. The maximum atomic E-state index is 12.7. The van der Waals surface area contributed by atoms with Crippen LogP contribution < -0.4 is 9.46 Å². The fourth-order valence-electron chi connectivity index (χ4n) is 2.43. The molecule has 0 aromatic heterocycles. The van der Waals surface area contributed by atoms with Gasteiger partial charge in [0, 0.05) is 10.0 Å². The molecule has 0 atom stereocenters. The number of benzene rings is 3. The third-order valence-corrected chi connectivity index (χ3v) is 5.59. The van der Waals surface area contributed by atoms with Gasteiger partial charge in [-0.1, -0.05) is 46.3 Å². The minimum Gasteiger partial charge on any atom is -0.497 e. The topological polar surface area (TPSA) is 55.4 Å². The zero-order chi connectivity index (χ0) is 17.9. The van der Waals surface area contributed by atoms with Crippen LogP contribution in [-0.2, 0) is 10.0 Å². The lowest BCUT2D eigenvalue weighted by molar-refractivity contribution is 0.415. The highest BCUT2D eigenvalue weighted by molar-refractivity contribution is 9.10. The highest BCUT2D eigenvalue weighted by Gasteiger charge is 2.16. The lowest BCUT2D eigenvalue weighted by atomic mass is 10.0. The number of nitrogens with one attached hydrogen (secondary N) is 1. The summed E-state index contributed by atoms with van der Waals surface area (Å²) in [6, 6.07) is 21.3. The van der Waals surface area contributed by atoms with Crippen LogP contribution in [0.5, 0.6) is 5.75 Å². The normalized spacial score (nSPS) is 11.1. The van der Waals surface area contributed by atoms with E-state index in [4.69, 9.17) is 4.74 Å². The van der Waals surface area contributed by atoms with Gasteiger partial charge in [0.25, 0.3) is 10.0 Å². The number of rotatable bonds is 5. The van der Waals surface area contributed by atoms with E-state index in [0.29, 0.717) is 11.4 Å². The Morgan fingerprint density at radius 1 is 0.920 bits per heavy atom. The Balaban J connectivity index is 2.00. The van der Waals surface area contributed by atoms with E-state index in [1.54, 1.807) is 43.5 Å². The van der Waals surface area contributed by atoms with Gasteiger partial charge in [0.05, 0.1) is 17.7 Å². The fourth-order valence-corrected chi connectivity index (χ4v) is 3.78. The minimum absolute atomic E-state index is 0.205. The molecule has 0 unspecified atom stereocenters. The van der Waals surface area contributed by atoms with Gasteiger partial charge < -0.3 is 4.74 Å². The summed E-state index contributed by atoms with van der Waals surface area (Å²) in [5.74, 6) is 0.711. The van der Waals surface area contributed by atoms with Crippen LogP contribution in [0.2, 0.25) is 0 Å². The number of hydrogen-bond acceptors (Lipinski definition) is 3. The summed E-state index contributed by atoms with van der Waals surface area (Å²) >= 11 is 3.31. The van der Waals surface area contributed by atoms with Crippen LogP contribution in [0, 0.1) is 0 Å². The molecule has 0 spiro atoms. The molecule has 0 bridgehead atoms. The highest BCUT2D eigenvalue weighted by atomic mass is 79.9.